The minimum absolute atomic E-state index is 0.0469. The second kappa shape index (κ2) is 4.81. The van der Waals surface area contributed by atoms with Crippen LogP contribution in [0.15, 0.2) is 59.5 Å². The van der Waals surface area contributed by atoms with Crippen LogP contribution in [-0.4, -0.2) is 20.4 Å². The first-order valence-electron chi connectivity index (χ1n) is 5.67. The molecule has 0 aliphatic carbocycles. The molecule has 0 bridgehead atoms. The van der Waals surface area contributed by atoms with Crippen molar-refractivity contribution in [2.24, 2.45) is 0 Å². The number of anilines is 1. The number of hydrogen-bond donors (Lipinski definition) is 1. The van der Waals surface area contributed by atoms with E-state index in [1.54, 1.807) is 0 Å². The summed E-state index contributed by atoms with van der Waals surface area (Å²) in [5.41, 5.74) is 1.63. The van der Waals surface area contributed by atoms with Gasteiger partial charge in [0.05, 0.1) is 0 Å². The standard InChI is InChI=1S/C15H11NOSe/c17-15(11-6-2-1-3-7-11)16-13-10-18-14-9-5-4-8-12(13)14/h1-10H,(H,16,17). The predicted octanol–water partition coefficient (Wildman–Crippen LogP) is 3.15. The number of carbonyl (C=O) groups excluding carboxylic acids is 1. The third-order valence-corrected chi connectivity index (χ3v) is 4.79. The SMILES string of the molecule is O=C(Nc1c[se]c2ccccc12)c1ccccc1. The third-order valence-electron chi connectivity index (χ3n) is 2.77. The van der Waals surface area contributed by atoms with Gasteiger partial charge in [-0.05, 0) is 0 Å². The van der Waals surface area contributed by atoms with Crippen LogP contribution in [0.1, 0.15) is 10.4 Å². The van der Waals surface area contributed by atoms with Gasteiger partial charge >= 0.3 is 111 Å². The summed E-state index contributed by atoms with van der Waals surface area (Å²) in [5.74, 6) is -0.0469. The third kappa shape index (κ3) is 2.10. The van der Waals surface area contributed by atoms with Gasteiger partial charge in [0.2, 0.25) is 0 Å². The Balaban J connectivity index is 1.91. The van der Waals surface area contributed by atoms with Crippen molar-refractivity contribution in [3.8, 4) is 0 Å². The fourth-order valence-electron chi connectivity index (χ4n) is 1.86. The van der Waals surface area contributed by atoms with Gasteiger partial charge < -0.3 is 0 Å². The van der Waals surface area contributed by atoms with Gasteiger partial charge in [-0.3, -0.25) is 0 Å². The number of amides is 1. The normalized spacial score (nSPS) is 10.4. The summed E-state index contributed by atoms with van der Waals surface area (Å²) in [4.78, 5) is 14.2. The molecule has 1 amide bonds. The van der Waals surface area contributed by atoms with Crippen molar-refractivity contribution in [2.75, 3.05) is 5.32 Å². The Labute approximate surface area is 111 Å². The van der Waals surface area contributed by atoms with E-state index < -0.39 is 0 Å². The van der Waals surface area contributed by atoms with Crippen LogP contribution in [0.3, 0.4) is 0 Å². The van der Waals surface area contributed by atoms with Gasteiger partial charge in [-0.2, -0.15) is 0 Å². The van der Waals surface area contributed by atoms with Gasteiger partial charge in [0.25, 0.3) is 0 Å². The molecule has 0 aliphatic heterocycles. The van der Waals surface area contributed by atoms with E-state index in [0.717, 1.165) is 11.1 Å². The first-order chi connectivity index (χ1) is 8.84. The molecule has 1 aromatic heterocycles. The summed E-state index contributed by atoms with van der Waals surface area (Å²) in [5, 5.41) is 4.14. The van der Waals surface area contributed by atoms with Crippen LogP contribution in [0.5, 0.6) is 0 Å². The summed E-state index contributed by atoms with van der Waals surface area (Å²) >= 11 is 0.329. The fourth-order valence-corrected chi connectivity index (χ4v) is 3.73. The quantitative estimate of drug-likeness (QED) is 0.724. The van der Waals surface area contributed by atoms with Gasteiger partial charge in [0.15, 0.2) is 0 Å². The molecule has 3 heteroatoms. The Kier molecular flexibility index (Phi) is 3.01. The summed E-state index contributed by atoms with van der Waals surface area (Å²) in [6.45, 7) is 0. The monoisotopic (exact) mass is 301 g/mol. The molecule has 0 unspecified atom stereocenters. The molecule has 3 aromatic rings. The molecule has 0 saturated heterocycles. The fraction of sp³-hybridized carbons (Fsp3) is 0. The minimum atomic E-state index is -0.0469. The Morgan fingerprint density at radius 1 is 0.944 bits per heavy atom. The van der Waals surface area contributed by atoms with Crippen molar-refractivity contribution in [3.63, 3.8) is 0 Å². The Morgan fingerprint density at radius 3 is 2.50 bits per heavy atom. The van der Waals surface area contributed by atoms with Crippen LogP contribution in [0.25, 0.3) is 9.65 Å². The first-order valence-corrected chi connectivity index (χ1v) is 7.52. The molecular formula is C15H11NOSe. The van der Waals surface area contributed by atoms with Crippen molar-refractivity contribution >= 4 is 35.7 Å². The van der Waals surface area contributed by atoms with Gasteiger partial charge in [-0.25, -0.2) is 0 Å². The molecule has 3 rings (SSSR count). The van der Waals surface area contributed by atoms with Crippen molar-refractivity contribution in [1.82, 2.24) is 0 Å². The Hall–Kier alpha value is -1.83. The van der Waals surface area contributed by atoms with Crippen LogP contribution in [-0.2, 0) is 0 Å². The van der Waals surface area contributed by atoms with Crippen molar-refractivity contribution in [2.45, 2.75) is 0 Å². The van der Waals surface area contributed by atoms with Gasteiger partial charge in [0, 0.05) is 0 Å². The Morgan fingerprint density at radius 2 is 1.67 bits per heavy atom. The summed E-state index contributed by atoms with van der Waals surface area (Å²) in [6, 6.07) is 17.5. The second-order valence-corrected chi connectivity index (χ2v) is 5.88. The van der Waals surface area contributed by atoms with Crippen LogP contribution in [0, 0.1) is 0 Å². The molecule has 0 spiro atoms. The maximum absolute atomic E-state index is 12.1. The van der Waals surface area contributed by atoms with Crippen molar-refractivity contribution in [1.29, 1.82) is 0 Å². The zero-order chi connectivity index (χ0) is 12.4. The van der Waals surface area contributed by atoms with Gasteiger partial charge in [-0.15, -0.1) is 0 Å². The molecule has 1 N–H and O–H groups in total. The number of hydrogen-bond acceptors (Lipinski definition) is 1. The molecule has 1 heterocycles. The van der Waals surface area contributed by atoms with Gasteiger partial charge in [0.1, 0.15) is 0 Å². The predicted molar refractivity (Wildman–Crippen MR) is 75.3 cm³/mol. The van der Waals surface area contributed by atoms with Crippen molar-refractivity contribution in [3.05, 3.63) is 65.1 Å². The molecular weight excluding hydrogens is 289 g/mol. The van der Waals surface area contributed by atoms with E-state index in [9.17, 15) is 4.79 Å². The molecule has 0 aliphatic rings. The molecule has 2 nitrogen and oxygen atoms in total. The maximum atomic E-state index is 12.1. The van der Waals surface area contributed by atoms with E-state index in [1.807, 2.05) is 42.5 Å². The van der Waals surface area contributed by atoms with Crippen LogP contribution in [0.2, 0.25) is 0 Å². The topological polar surface area (TPSA) is 29.1 Å². The van der Waals surface area contributed by atoms with E-state index in [0.29, 0.717) is 20.1 Å². The summed E-state index contributed by atoms with van der Waals surface area (Å²) in [7, 11) is 0. The number of fused-ring (bicyclic) bond motifs is 1. The average Bonchev–Trinajstić information content (AvgIpc) is 2.83. The summed E-state index contributed by atoms with van der Waals surface area (Å²) < 4.78 is 1.33. The van der Waals surface area contributed by atoms with Gasteiger partial charge in [-0.1, -0.05) is 0 Å². The van der Waals surface area contributed by atoms with E-state index in [-0.39, 0.29) is 5.91 Å². The number of rotatable bonds is 2. The van der Waals surface area contributed by atoms with E-state index in [2.05, 4.69) is 22.4 Å². The molecule has 0 radical (unpaired) electrons. The van der Waals surface area contributed by atoms with E-state index >= 15 is 0 Å². The molecule has 2 aromatic carbocycles. The number of benzene rings is 2. The van der Waals surface area contributed by atoms with Crippen LogP contribution >= 0.6 is 0 Å². The Bertz CT molecular complexity index is 688. The van der Waals surface area contributed by atoms with E-state index in [1.165, 1.54) is 4.26 Å². The molecule has 0 saturated carbocycles. The number of carbonyl (C=O) groups is 1. The average molecular weight is 300 g/mol. The molecule has 0 atom stereocenters. The first kappa shape index (κ1) is 11.3. The zero-order valence-electron chi connectivity index (χ0n) is 9.59. The van der Waals surface area contributed by atoms with Crippen LogP contribution in [0.4, 0.5) is 5.69 Å². The zero-order valence-corrected chi connectivity index (χ0v) is 11.3. The molecule has 88 valence electrons. The second-order valence-electron chi connectivity index (χ2n) is 3.97. The van der Waals surface area contributed by atoms with E-state index in [4.69, 9.17) is 0 Å². The van der Waals surface area contributed by atoms with Crippen molar-refractivity contribution < 1.29 is 4.79 Å². The molecule has 18 heavy (non-hydrogen) atoms. The molecule has 0 fully saturated rings. The number of nitrogens with one attached hydrogen (secondary N) is 1. The summed E-state index contributed by atoms with van der Waals surface area (Å²) in [6.07, 6.45) is 0. The van der Waals surface area contributed by atoms with Crippen LogP contribution < -0.4 is 5.32 Å².